The van der Waals surface area contributed by atoms with E-state index in [0.29, 0.717) is 0 Å². The highest BCUT2D eigenvalue weighted by molar-refractivity contribution is 9.10. The maximum Gasteiger partial charge on any atom is 0.238 e. The zero-order chi connectivity index (χ0) is 7.14. The van der Waals surface area contributed by atoms with E-state index in [1.54, 1.807) is 6.26 Å². The van der Waals surface area contributed by atoms with Gasteiger partial charge in [0.05, 0.1) is 0 Å². The van der Waals surface area contributed by atoms with Gasteiger partial charge in [-0.3, -0.25) is 4.40 Å². The fourth-order valence-corrected chi connectivity index (χ4v) is 1.47. The highest BCUT2D eigenvalue weighted by Gasteiger charge is 2.06. The predicted molar refractivity (Wildman–Crippen MR) is 39.9 cm³/mol. The van der Waals surface area contributed by atoms with Gasteiger partial charge in [-0.25, -0.2) is 4.98 Å². The molecule has 0 bridgehead atoms. The summed E-state index contributed by atoms with van der Waals surface area (Å²) in [4.78, 5) is 4.14. The van der Waals surface area contributed by atoms with Gasteiger partial charge in [0.1, 0.15) is 12.1 Å². The van der Waals surface area contributed by atoms with Crippen LogP contribution in [0.15, 0.2) is 21.5 Å². The minimum Gasteiger partial charge on any atom is -0.444 e. The molecule has 0 N–H and O–H groups in total. The molecule has 0 aliphatic heterocycles. The molecule has 0 aliphatic carbocycles. The van der Waals surface area contributed by atoms with E-state index in [9.17, 15) is 0 Å². The van der Waals surface area contributed by atoms with Crippen molar-refractivity contribution in [3.8, 4) is 0 Å². The first-order valence-corrected chi connectivity index (χ1v) is 3.66. The fourth-order valence-electron chi connectivity index (χ4n) is 0.927. The summed E-state index contributed by atoms with van der Waals surface area (Å²) in [5.74, 6) is 0.927. The molecule has 2 heterocycles. The maximum atomic E-state index is 5.12. The molecule has 0 aromatic carbocycles. The molecule has 52 valence electrons. The van der Waals surface area contributed by atoms with Crippen molar-refractivity contribution in [1.29, 1.82) is 0 Å². The third-order valence-corrected chi connectivity index (χ3v) is 1.91. The Morgan fingerprint density at radius 3 is 3.20 bits per heavy atom. The van der Waals surface area contributed by atoms with Gasteiger partial charge < -0.3 is 4.42 Å². The molecule has 10 heavy (non-hydrogen) atoms. The summed E-state index contributed by atoms with van der Waals surface area (Å²) in [6.45, 7) is 1.92. The number of hydrogen-bond acceptors (Lipinski definition) is 2. The van der Waals surface area contributed by atoms with Gasteiger partial charge >= 0.3 is 0 Å². The van der Waals surface area contributed by atoms with Crippen molar-refractivity contribution in [2.24, 2.45) is 0 Å². The summed E-state index contributed by atoms with van der Waals surface area (Å²) in [7, 11) is 0. The van der Waals surface area contributed by atoms with Gasteiger partial charge in [0.15, 0.2) is 4.60 Å². The van der Waals surface area contributed by atoms with Gasteiger partial charge in [-0.1, -0.05) is 0 Å². The second-order valence-corrected chi connectivity index (χ2v) is 2.78. The van der Waals surface area contributed by atoms with E-state index in [-0.39, 0.29) is 0 Å². The first-order chi connectivity index (χ1) is 4.79. The summed E-state index contributed by atoms with van der Waals surface area (Å²) in [6, 6.07) is 0. The number of oxazole rings is 1. The Morgan fingerprint density at radius 2 is 2.50 bits per heavy atom. The normalized spacial score (nSPS) is 11.0. The predicted octanol–water partition coefficient (Wildman–Crippen LogP) is 2.00. The number of halogens is 1. The molecule has 2 aromatic rings. The first-order valence-electron chi connectivity index (χ1n) is 2.86. The average molecular weight is 201 g/mol. The van der Waals surface area contributed by atoms with Crippen molar-refractivity contribution in [1.82, 2.24) is 9.38 Å². The van der Waals surface area contributed by atoms with E-state index in [0.717, 1.165) is 16.1 Å². The molecule has 0 unspecified atom stereocenters. The molecule has 0 saturated heterocycles. The highest BCUT2D eigenvalue weighted by atomic mass is 79.9. The van der Waals surface area contributed by atoms with Gasteiger partial charge in [0.2, 0.25) is 5.71 Å². The number of hydrogen-bond donors (Lipinski definition) is 0. The van der Waals surface area contributed by atoms with Gasteiger partial charge in [0.25, 0.3) is 0 Å². The summed E-state index contributed by atoms with van der Waals surface area (Å²) in [5, 5.41) is 0. The first kappa shape index (κ1) is 5.97. The second-order valence-electron chi connectivity index (χ2n) is 2.03. The van der Waals surface area contributed by atoms with E-state index < -0.39 is 0 Å². The largest absolute Gasteiger partial charge is 0.444 e. The van der Waals surface area contributed by atoms with E-state index >= 15 is 0 Å². The molecule has 0 spiro atoms. The lowest BCUT2D eigenvalue weighted by Gasteiger charge is -1.80. The topological polar surface area (TPSA) is 30.4 Å². The van der Waals surface area contributed by atoms with E-state index in [2.05, 4.69) is 20.9 Å². The van der Waals surface area contributed by atoms with E-state index in [4.69, 9.17) is 4.42 Å². The number of aryl methyl sites for hydroxylation is 1. The van der Waals surface area contributed by atoms with Crippen molar-refractivity contribution < 1.29 is 4.42 Å². The summed E-state index contributed by atoms with van der Waals surface area (Å²) in [6.07, 6.45) is 3.47. The van der Waals surface area contributed by atoms with Gasteiger partial charge in [-0.2, -0.15) is 0 Å². The number of aromatic nitrogens is 2. The Kier molecular flexibility index (Phi) is 1.11. The van der Waals surface area contributed by atoms with Crippen LogP contribution < -0.4 is 0 Å². The fraction of sp³-hybridized carbons (Fsp3) is 0.167. The standard InChI is InChI=1S/C6H5BrN2O/c1-4-8-5(7)6-9(4)2-3-10-6/h2-3H,1H3. The zero-order valence-electron chi connectivity index (χ0n) is 5.34. The number of fused-ring (bicyclic) bond motifs is 1. The third kappa shape index (κ3) is 0.623. The summed E-state index contributed by atoms with van der Waals surface area (Å²) < 4.78 is 7.76. The van der Waals surface area contributed by atoms with Crippen LogP contribution in [-0.4, -0.2) is 9.38 Å². The van der Waals surface area contributed by atoms with Crippen LogP contribution in [0.4, 0.5) is 0 Å². The summed E-state index contributed by atoms with van der Waals surface area (Å²) in [5.41, 5.74) is 0.762. The SMILES string of the molecule is Cc1nc(Br)c2occn12. The minimum absolute atomic E-state index is 0.759. The van der Waals surface area contributed by atoms with Crippen LogP contribution in [0.3, 0.4) is 0 Å². The number of imidazole rings is 1. The van der Waals surface area contributed by atoms with Crippen LogP contribution in [0.25, 0.3) is 5.71 Å². The lowest BCUT2D eigenvalue weighted by molar-refractivity contribution is 0.606. The minimum atomic E-state index is 0.759. The molecule has 0 amide bonds. The van der Waals surface area contributed by atoms with Crippen molar-refractivity contribution in [3.05, 3.63) is 22.9 Å². The van der Waals surface area contributed by atoms with Gasteiger partial charge in [-0.05, 0) is 22.9 Å². The molecular weight excluding hydrogens is 196 g/mol. The van der Waals surface area contributed by atoms with Crippen molar-refractivity contribution >= 4 is 21.6 Å². The lowest BCUT2D eigenvalue weighted by atomic mass is 10.7. The van der Waals surface area contributed by atoms with Crippen molar-refractivity contribution in [2.75, 3.05) is 0 Å². The third-order valence-electron chi connectivity index (χ3n) is 1.39. The lowest BCUT2D eigenvalue weighted by Crippen LogP contribution is -1.79. The van der Waals surface area contributed by atoms with Crippen molar-refractivity contribution in [3.63, 3.8) is 0 Å². The number of nitrogens with zero attached hydrogens (tertiary/aromatic N) is 2. The summed E-state index contributed by atoms with van der Waals surface area (Å²) >= 11 is 3.27. The van der Waals surface area contributed by atoms with Crippen LogP contribution in [-0.2, 0) is 0 Å². The van der Waals surface area contributed by atoms with Crippen molar-refractivity contribution in [2.45, 2.75) is 6.92 Å². The second kappa shape index (κ2) is 1.85. The monoisotopic (exact) mass is 200 g/mol. The molecule has 0 saturated carbocycles. The number of rotatable bonds is 0. The Morgan fingerprint density at radius 1 is 1.70 bits per heavy atom. The Bertz CT molecular complexity index is 331. The molecule has 3 nitrogen and oxygen atoms in total. The maximum absolute atomic E-state index is 5.12. The molecule has 0 fully saturated rings. The quantitative estimate of drug-likeness (QED) is 0.652. The van der Waals surface area contributed by atoms with E-state index in [1.165, 1.54) is 0 Å². The zero-order valence-corrected chi connectivity index (χ0v) is 6.92. The Balaban J connectivity index is 2.98. The van der Waals surface area contributed by atoms with Gasteiger partial charge in [-0.15, -0.1) is 0 Å². The molecule has 2 rings (SSSR count). The molecule has 0 radical (unpaired) electrons. The molecule has 0 aliphatic rings. The van der Waals surface area contributed by atoms with Crippen LogP contribution in [0.2, 0.25) is 0 Å². The highest BCUT2D eigenvalue weighted by Crippen LogP contribution is 2.18. The molecule has 4 heteroatoms. The Labute approximate surface area is 65.8 Å². The van der Waals surface area contributed by atoms with Crippen LogP contribution in [0, 0.1) is 6.92 Å². The molecular formula is C6H5BrN2O. The Hall–Kier alpha value is -0.770. The smallest absolute Gasteiger partial charge is 0.238 e. The van der Waals surface area contributed by atoms with Crippen LogP contribution in [0.1, 0.15) is 5.82 Å². The molecule has 2 aromatic heterocycles. The van der Waals surface area contributed by atoms with Crippen LogP contribution in [0.5, 0.6) is 0 Å². The van der Waals surface area contributed by atoms with Crippen LogP contribution >= 0.6 is 15.9 Å². The molecule has 0 atom stereocenters. The van der Waals surface area contributed by atoms with E-state index in [1.807, 2.05) is 17.5 Å². The van der Waals surface area contributed by atoms with Gasteiger partial charge in [0, 0.05) is 6.20 Å². The average Bonchev–Trinajstić information content (AvgIpc) is 2.39.